The van der Waals surface area contributed by atoms with Gasteiger partial charge in [-0.15, -0.1) is 28.0 Å². The zero-order chi connectivity index (χ0) is 38.2. The number of thiophene rings is 1. The number of urea groups is 1. The minimum Gasteiger partial charge on any atom is -0.467 e. The van der Waals surface area contributed by atoms with Gasteiger partial charge >= 0.3 is 36.2 Å². The second-order valence-electron chi connectivity index (χ2n) is 9.57. The smallest absolute Gasteiger partial charge is 0.355 e. The van der Waals surface area contributed by atoms with E-state index in [9.17, 15) is 40.8 Å². The number of hydrogen-bond donors (Lipinski definition) is 2. The highest BCUT2D eigenvalue weighted by molar-refractivity contribution is 7.90. The molecular formula is C27H27Cl2F3N8O9S2. The van der Waals surface area contributed by atoms with E-state index >= 15 is 0 Å². The second-order valence-corrected chi connectivity index (χ2v) is 13.1. The zero-order valence-electron chi connectivity index (χ0n) is 26.9. The molecule has 0 aliphatic heterocycles. The van der Waals surface area contributed by atoms with Crippen LogP contribution < -0.4 is 20.5 Å². The molecule has 1 unspecified atom stereocenters. The molecule has 0 bridgehead atoms. The molecule has 276 valence electrons. The summed E-state index contributed by atoms with van der Waals surface area (Å²) in [6.45, 7) is 1.34. The van der Waals surface area contributed by atoms with Crippen molar-refractivity contribution in [2.24, 2.45) is 0 Å². The summed E-state index contributed by atoms with van der Waals surface area (Å²) in [7, 11) is -1.86. The topological polar surface area (TPSA) is 216 Å². The molecule has 3 heterocycles. The van der Waals surface area contributed by atoms with E-state index in [-0.39, 0.29) is 67.2 Å². The Bertz CT molecular complexity index is 2100. The molecule has 0 radical (unpaired) electrons. The van der Waals surface area contributed by atoms with Crippen LogP contribution in [0.5, 0.6) is 6.01 Å². The number of aryl methyl sites for hydroxylation is 2. The lowest BCUT2D eigenvalue weighted by atomic mass is 10.1. The molecule has 51 heavy (non-hydrogen) atoms. The number of nitrogens with zero attached hydrogens (tertiary/aromatic N) is 6. The monoisotopic (exact) mass is 798 g/mol. The van der Waals surface area contributed by atoms with Crippen molar-refractivity contribution in [3.63, 3.8) is 0 Å². The quantitative estimate of drug-likeness (QED) is 0.163. The molecular weight excluding hydrogens is 772 g/mol. The number of carbonyl (C=O) groups is 3. The largest absolute Gasteiger partial charge is 0.467 e. The Kier molecular flexibility index (Phi) is 13.9. The minimum atomic E-state index is -4.30. The van der Waals surface area contributed by atoms with Crippen molar-refractivity contribution < 1.29 is 50.2 Å². The van der Waals surface area contributed by atoms with Crippen molar-refractivity contribution >= 4 is 68.5 Å². The first-order chi connectivity index (χ1) is 23.9. The molecule has 0 saturated carbocycles. The number of rotatable bonds is 11. The van der Waals surface area contributed by atoms with Gasteiger partial charge in [0.1, 0.15) is 32.5 Å². The number of amides is 2. The van der Waals surface area contributed by atoms with E-state index in [1.807, 2.05) is 0 Å². The average Bonchev–Trinajstić information content (AvgIpc) is 3.66. The number of carbonyl (C=O) groups excluding carboxylic acids is 3. The molecule has 2 N–H and O–H groups in total. The van der Waals surface area contributed by atoms with Crippen LogP contribution in [0.3, 0.4) is 0 Å². The molecule has 0 aliphatic carbocycles. The summed E-state index contributed by atoms with van der Waals surface area (Å²) in [4.78, 5) is 58.1. The standard InChI is InChI=1S/C15H14Cl2F3N3O3.C12H13N5O6S2/c1-3-26-13(24)10(17)4-8-5-12(11(18)6-9(8)16)23-15(25)22(14(19)20)7(2)21-23;1-6-13-10(16-12(14-6)23-3)15-11(19)17-25(20,21)7-4-5-24-8(7)9(18)22-2/h5-6,10,14H,3-4H2,1-2H3;4-5H,1-3H3,(H2,13,14,15,16,17,19). The van der Waals surface area contributed by atoms with E-state index in [1.165, 1.54) is 32.4 Å². The Hall–Kier alpha value is -4.80. The van der Waals surface area contributed by atoms with Crippen LogP contribution in [0.2, 0.25) is 5.02 Å². The average molecular weight is 800 g/mol. The van der Waals surface area contributed by atoms with Crippen LogP contribution in [0, 0.1) is 19.7 Å². The van der Waals surface area contributed by atoms with Gasteiger partial charge in [0.15, 0.2) is 5.82 Å². The number of sulfonamides is 1. The Labute approximate surface area is 300 Å². The lowest BCUT2D eigenvalue weighted by Gasteiger charge is -2.12. The van der Waals surface area contributed by atoms with E-state index in [0.29, 0.717) is 4.68 Å². The molecule has 0 spiro atoms. The van der Waals surface area contributed by atoms with Gasteiger partial charge in [-0.3, -0.25) is 10.1 Å². The molecule has 1 atom stereocenters. The number of anilines is 1. The number of nitrogens with one attached hydrogen (secondary N) is 2. The molecule has 0 saturated heterocycles. The third kappa shape index (κ3) is 10.1. The third-order valence-corrected chi connectivity index (χ3v) is 9.19. The fourth-order valence-corrected chi connectivity index (χ4v) is 6.63. The molecule has 1 aromatic carbocycles. The van der Waals surface area contributed by atoms with Crippen molar-refractivity contribution in [2.45, 2.75) is 44.0 Å². The maximum atomic E-state index is 14.2. The highest BCUT2D eigenvalue weighted by atomic mass is 35.5. The summed E-state index contributed by atoms with van der Waals surface area (Å²) >= 11 is 12.8. The predicted octanol–water partition coefficient (Wildman–Crippen LogP) is 3.79. The van der Waals surface area contributed by atoms with Crippen LogP contribution in [-0.2, 0) is 30.7 Å². The van der Waals surface area contributed by atoms with E-state index in [0.717, 1.165) is 30.6 Å². The summed E-state index contributed by atoms with van der Waals surface area (Å²) in [6.07, 6.45) is -0.115. The molecule has 2 amide bonds. The van der Waals surface area contributed by atoms with E-state index in [4.69, 9.17) is 32.7 Å². The number of esters is 2. The Morgan fingerprint density at radius 2 is 1.80 bits per heavy atom. The summed E-state index contributed by atoms with van der Waals surface area (Å²) < 4.78 is 81.1. The Morgan fingerprint density at radius 3 is 2.39 bits per heavy atom. The molecule has 3 aromatic heterocycles. The van der Waals surface area contributed by atoms with Crippen molar-refractivity contribution in [1.82, 2.24) is 34.0 Å². The van der Waals surface area contributed by atoms with Crippen LogP contribution in [0.15, 0.2) is 33.3 Å². The van der Waals surface area contributed by atoms with Crippen molar-refractivity contribution in [2.75, 3.05) is 26.1 Å². The Balaban J connectivity index is 0.000000276. The van der Waals surface area contributed by atoms with Gasteiger partial charge in [0.05, 0.1) is 20.8 Å². The summed E-state index contributed by atoms with van der Waals surface area (Å²) in [5.74, 6) is -2.68. The lowest BCUT2D eigenvalue weighted by Crippen LogP contribution is -2.35. The van der Waals surface area contributed by atoms with Crippen molar-refractivity contribution in [3.8, 4) is 11.7 Å². The maximum absolute atomic E-state index is 14.2. The number of ether oxygens (including phenoxy) is 3. The summed E-state index contributed by atoms with van der Waals surface area (Å²) in [5.41, 5.74) is -1.37. The van der Waals surface area contributed by atoms with Gasteiger partial charge in [0, 0.05) is 11.4 Å². The van der Waals surface area contributed by atoms with Gasteiger partial charge in [0.2, 0.25) is 5.95 Å². The number of alkyl halides is 3. The maximum Gasteiger partial charge on any atom is 0.355 e. The SMILES string of the molecule is CCOC(=O)C(Cl)Cc1cc(-n2nc(C)n(C(F)F)c2=O)c(F)cc1Cl.COC(=O)c1sccc1S(=O)(=O)NC(=O)Nc1nc(C)nc(OC)n1. The molecule has 4 aromatic rings. The first-order valence-electron chi connectivity index (χ1n) is 14.0. The van der Waals surface area contributed by atoms with Crippen LogP contribution in [-0.4, -0.2) is 81.9 Å². The third-order valence-electron chi connectivity index (χ3n) is 6.11. The van der Waals surface area contributed by atoms with Crippen LogP contribution >= 0.6 is 34.5 Å². The van der Waals surface area contributed by atoms with Crippen molar-refractivity contribution in [3.05, 3.63) is 67.0 Å². The minimum absolute atomic E-state index is 0.0424. The van der Waals surface area contributed by atoms with Gasteiger partial charge in [-0.2, -0.15) is 28.4 Å². The Morgan fingerprint density at radius 1 is 1.12 bits per heavy atom. The van der Waals surface area contributed by atoms with E-state index in [2.05, 4.69) is 30.1 Å². The molecule has 17 nitrogen and oxygen atoms in total. The van der Waals surface area contributed by atoms with Gasteiger partial charge in [0.25, 0.3) is 10.0 Å². The molecule has 24 heteroatoms. The highest BCUT2D eigenvalue weighted by Crippen LogP contribution is 2.26. The first kappa shape index (κ1) is 40.6. The summed E-state index contributed by atoms with van der Waals surface area (Å²) in [5, 5.41) is 6.06. The van der Waals surface area contributed by atoms with E-state index < -0.39 is 51.4 Å². The van der Waals surface area contributed by atoms with Crippen LogP contribution in [0.4, 0.5) is 23.9 Å². The number of hydrogen-bond acceptors (Lipinski definition) is 14. The molecule has 0 aliphatic rings. The highest BCUT2D eigenvalue weighted by Gasteiger charge is 2.27. The fourth-order valence-electron chi connectivity index (χ4n) is 3.93. The second kappa shape index (κ2) is 17.4. The number of halogens is 5. The normalized spacial score (nSPS) is 11.7. The fraction of sp³-hybridized carbons (Fsp3) is 0.333. The van der Waals surface area contributed by atoms with Gasteiger partial charge in [-0.05, 0) is 49.9 Å². The van der Waals surface area contributed by atoms with Crippen LogP contribution in [0.25, 0.3) is 5.69 Å². The molecule has 0 fully saturated rings. The molecule has 4 rings (SSSR count). The first-order valence-corrected chi connectivity index (χ1v) is 17.1. The lowest BCUT2D eigenvalue weighted by molar-refractivity contribution is -0.142. The van der Waals surface area contributed by atoms with Gasteiger partial charge in [-0.25, -0.2) is 36.5 Å². The summed E-state index contributed by atoms with van der Waals surface area (Å²) in [6, 6.07) is 2.05. The van der Waals surface area contributed by atoms with Crippen LogP contribution in [0.1, 0.15) is 40.4 Å². The van der Waals surface area contributed by atoms with Gasteiger partial charge < -0.3 is 14.2 Å². The van der Waals surface area contributed by atoms with Crippen molar-refractivity contribution in [1.29, 1.82) is 0 Å². The number of benzene rings is 1. The number of aromatic nitrogens is 6. The number of methoxy groups -OCH3 is 2. The predicted molar refractivity (Wildman–Crippen MR) is 175 cm³/mol. The van der Waals surface area contributed by atoms with Gasteiger partial charge in [-0.1, -0.05) is 11.6 Å². The zero-order valence-corrected chi connectivity index (χ0v) is 30.1. The van der Waals surface area contributed by atoms with E-state index in [1.54, 1.807) is 11.6 Å².